The zero-order valence-electron chi connectivity index (χ0n) is 11.1. The van der Waals surface area contributed by atoms with Gasteiger partial charge in [-0.3, -0.25) is 4.79 Å². The van der Waals surface area contributed by atoms with E-state index in [2.05, 4.69) is 9.69 Å². The summed E-state index contributed by atoms with van der Waals surface area (Å²) in [6.45, 7) is 2.37. The van der Waals surface area contributed by atoms with Gasteiger partial charge in [-0.15, -0.1) is 0 Å². The summed E-state index contributed by atoms with van der Waals surface area (Å²) in [5.41, 5.74) is 5.66. The van der Waals surface area contributed by atoms with Crippen molar-refractivity contribution in [2.45, 2.75) is 25.7 Å². The topological polar surface area (TPSA) is 80.5 Å². The van der Waals surface area contributed by atoms with E-state index >= 15 is 0 Å². The van der Waals surface area contributed by atoms with Gasteiger partial charge in [0, 0.05) is 26.1 Å². The molecule has 0 aliphatic carbocycles. The van der Waals surface area contributed by atoms with Crippen molar-refractivity contribution in [3.8, 4) is 5.75 Å². The van der Waals surface area contributed by atoms with E-state index < -0.39 is 0 Å². The number of aromatic nitrogens is 1. The maximum absolute atomic E-state index is 12.0. The number of methoxy groups -OCH3 is 1. The minimum Gasteiger partial charge on any atom is -0.490 e. The first-order chi connectivity index (χ1) is 9.22. The molecule has 1 aliphatic rings. The highest BCUT2D eigenvalue weighted by atomic mass is 32.1. The standard InChI is InChI=1S/C12H20N4O2S/c1-18-10-11(13)15-19-12(10)14-6-5-9(17)16-7-3-2-4-8-16/h14H,2-8H2,1H3,(H2,13,15). The summed E-state index contributed by atoms with van der Waals surface area (Å²) in [5.74, 6) is 1.16. The second kappa shape index (κ2) is 6.60. The second-order valence-corrected chi connectivity index (χ2v) is 5.32. The molecule has 1 aliphatic heterocycles. The lowest BCUT2D eigenvalue weighted by Gasteiger charge is -2.26. The maximum Gasteiger partial charge on any atom is 0.224 e. The highest BCUT2D eigenvalue weighted by molar-refractivity contribution is 7.11. The van der Waals surface area contributed by atoms with Crippen molar-refractivity contribution in [1.82, 2.24) is 9.27 Å². The minimum absolute atomic E-state index is 0.212. The third-order valence-electron chi connectivity index (χ3n) is 3.21. The molecule has 7 heteroatoms. The van der Waals surface area contributed by atoms with Crippen LogP contribution in [0, 0.1) is 0 Å². The zero-order chi connectivity index (χ0) is 13.7. The number of likely N-dealkylation sites (tertiary alicyclic amines) is 1. The van der Waals surface area contributed by atoms with Crippen LogP contribution >= 0.6 is 11.5 Å². The van der Waals surface area contributed by atoms with Crippen LogP contribution in [0.3, 0.4) is 0 Å². The number of carbonyl (C=O) groups excluding carboxylic acids is 1. The van der Waals surface area contributed by atoms with Gasteiger partial charge in [0.25, 0.3) is 0 Å². The molecule has 1 aromatic rings. The minimum atomic E-state index is 0.212. The number of rotatable bonds is 5. The Morgan fingerprint density at radius 1 is 1.47 bits per heavy atom. The Labute approximate surface area is 117 Å². The number of amides is 1. The van der Waals surface area contributed by atoms with E-state index in [1.54, 1.807) is 7.11 Å². The number of piperidine rings is 1. The largest absolute Gasteiger partial charge is 0.490 e. The highest BCUT2D eigenvalue weighted by Gasteiger charge is 2.16. The fraction of sp³-hybridized carbons (Fsp3) is 0.667. The summed E-state index contributed by atoms with van der Waals surface area (Å²) in [7, 11) is 1.56. The Bertz CT molecular complexity index is 429. The number of hydrogen-bond donors (Lipinski definition) is 2. The Hall–Kier alpha value is -1.50. The molecule has 0 unspecified atom stereocenters. The van der Waals surface area contributed by atoms with Crippen LogP contribution in [0.25, 0.3) is 0 Å². The number of anilines is 2. The lowest BCUT2D eigenvalue weighted by atomic mass is 10.1. The van der Waals surface area contributed by atoms with Crippen molar-refractivity contribution in [3.05, 3.63) is 0 Å². The van der Waals surface area contributed by atoms with E-state index in [1.165, 1.54) is 18.0 Å². The predicted octanol–water partition coefficient (Wildman–Crippen LogP) is 1.55. The Kier molecular flexibility index (Phi) is 4.84. The molecule has 0 bridgehead atoms. The number of nitrogen functional groups attached to an aromatic ring is 1. The van der Waals surface area contributed by atoms with Gasteiger partial charge < -0.3 is 20.7 Å². The van der Waals surface area contributed by atoms with E-state index in [-0.39, 0.29) is 5.91 Å². The molecule has 0 aromatic carbocycles. The lowest BCUT2D eigenvalue weighted by Crippen LogP contribution is -2.36. The summed E-state index contributed by atoms with van der Waals surface area (Å²) in [6, 6.07) is 0. The van der Waals surface area contributed by atoms with Crippen LogP contribution in [0.15, 0.2) is 0 Å². The summed E-state index contributed by atoms with van der Waals surface area (Å²) in [5, 5.41) is 3.94. The van der Waals surface area contributed by atoms with Crippen molar-refractivity contribution >= 4 is 28.3 Å². The molecule has 19 heavy (non-hydrogen) atoms. The SMILES string of the molecule is COc1c(N)nsc1NCCC(=O)N1CCCCC1. The molecule has 0 radical (unpaired) electrons. The van der Waals surface area contributed by atoms with Gasteiger partial charge in [0.2, 0.25) is 5.91 Å². The summed E-state index contributed by atoms with van der Waals surface area (Å²) >= 11 is 1.25. The average molecular weight is 284 g/mol. The van der Waals surface area contributed by atoms with Gasteiger partial charge in [0.05, 0.1) is 7.11 Å². The normalized spacial score (nSPS) is 15.3. The van der Waals surface area contributed by atoms with Gasteiger partial charge in [0.15, 0.2) is 16.6 Å². The van der Waals surface area contributed by atoms with Crippen LogP contribution < -0.4 is 15.8 Å². The fourth-order valence-electron chi connectivity index (χ4n) is 2.19. The van der Waals surface area contributed by atoms with E-state index in [4.69, 9.17) is 10.5 Å². The highest BCUT2D eigenvalue weighted by Crippen LogP contribution is 2.34. The second-order valence-electron chi connectivity index (χ2n) is 4.55. The zero-order valence-corrected chi connectivity index (χ0v) is 12.0. The lowest BCUT2D eigenvalue weighted by molar-refractivity contribution is -0.131. The molecule has 3 N–H and O–H groups in total. The van der Waals surface area contributed by atoms with Crippen LogP contribution in [-0.2, 0) is 4.79 Å². The van der Waals surface area contributed by atoms with E-state index in [1.807, 2.05) is 4.90 Å². The van der Waals surface area contributed by atoms with E-state index in [0.717, 1.165) is 30.9 Å². The van der Waals surface area contributed by atoms with Gasteiger partial charge in [0.1, 0.15) is 0 Å². The summed E-state index contributed by atoms with van der Waals surface area (Å²) < 4.78 is 9.17. The van der Waals surface area contributed by atoms with Crippen LogP contribution in [0.4, 0.5) is 10.8 Å². The smallest absolute Gasteiger partial charge is 0.224 e. The van der Waals surface area contributed by atoms with Crippen LogP contribution in [-0.4, -0.2) is 41.9 Å². The number of nitrogens with one attached hydrogen (secondary N) is 1. The number of carbonyl (C=O) groups is 1. The number of hydrogen-bond acceptors (Lipinski definition) is 6. The van der Waals surface area contributed by atoms with Gasteiger partial charge in [-0.1, -0.05) is 0 Å². The molecule has 106 valence electrons. The van der Waals surface area contributed by atoms with Gasteiger partial charge in [-0.2, -0.15) is 4.37 Å². The van der Waals surface area contributed by atoms with Crippen LogP contribution in [0.2, 0.25) is 0 Å². The third-order valence-corrected chi connectivity index (χ3v) is 4.01. The molecular formula is C12H20N4O2S. The maximum atomic E-state index is 12.0. The van der Waals surface area contributed by atoms with Crippen molar-refractivity contribution in [2.24, 2.45) is 0 Å². The van der Waals surface area contributed by atoms with E-state index in [0.29, 0.717) is 24.5 Å². The number of nitrogens with two attached hydrogens (primary N) is 1. The van der Waals surface area contributed by atoms with E-state index in [9.17, 15) is 4.79 Å². The van der Waals surface area contributed by atoms with Crippen molar-refractivity contribution in [1.29, 1.82) is 0 Å². The van der Waals surface area contributed by atoms with Crippen molar-refractivity contribution < 1.29 is 9.53 Å². The number of ether oxygens (including phenoxy) is 1. The Balaban J connectivity index is 1.78. The first-order valence-electron chi connectivity index (χ1n) is 6.53. The van der Waals surface area contributed by atoms with Crippen molar-refractivity contribution in [3.63, 3.8) is 0 Å². The molecule has 2 rings (SSSR count). The van der Waals surface area contributed by atoms with Gasteiger partial charge in [-0.25, -0.2) is 0 Å². The average Bonchev–Trinajstić information content (AvgIpc) is 2.80. The molecule has 6 nitrogen and oxygen atoms in total. The first-order valence-corrected chi connectivity index (χ1v) is 7.30. The quantitative estimate of drug-likeness (QED) is 0.857. The summed E-state index contributed by atoms with van der Waals surface area (Å²) in [4.78, 5) is 13.9. The molecule has 1 aromatic heterocycles. The Morgan fingerprint density at radius 2 is 2.21 bits per heavy atom. The molecule has 0 atom stereocenters. The molecular weight excluding hydrogens is 264 g/mol. The molecule has 1 saturated heterocycles. The predicted molar refractivity (Wildman–Crippen MR) is 76.6 cm³/mol. The first kappa shape index (κ1) is 13.9. The van der Waals surface area contributed by atoms with Crippen LogP contribution in [0.1, 0.15) is 25.7 Å². The summed E-state index contributed by atoms with van der Waals surface area (Å²) in [6.07, 6.45) is 3.97. The fourth-order valence-corrected chi connectivity index (χ4v) is 2.90. The Morgan fingerprint density at radius 3 is 2.89 bits per heavy atom. The molecule has 2 heterocycles. The number of nitrogens with zero attached hydrogens (tertiary/aromatic N) is 2. The monoisotopic (exact) mass is 284 g/mol. The third kappa shape index (κ3) is 3.50. The molecule has 0 spiro atoms. The van der Waals surface area contributed by atoms with Gasteiger partial charge >= 0.3 is 0 Å². The molecule has 1 fully saturated rings. The molecule has 0 saturated carbocycles. The van der Waals surface area contributed by atoms with Crippen LogP contribution in [0.5, 0.6) is 5.75 Å². The molecule has 1 amide bonds. The van der Waals surface area contributed by atoms with Crippen molar-refractivity contribution in [2.75, 3.05) is 37.8 Å². The van der Waals surface area contributed by atoms with Gasteiger partial charge in [-0.05, 0) is 30.8 Å².